The number of carbonyl (C=O) groups is 3. The summed E-state index contributed by atoms with van der Waals surface area (Å²) in [6.07, 6.45) is -2.10. The van der Waals surface area contributed by atoms with E-state index in [1.54, 1.807) is 41.3 Å². The lowest BCUT2D eigenvalue weighted by Crippen LogP contribution is -2.49. The van der Waals surface area contributed by atoms with Crippen LogP contribution in [0.15, 0.2) is 53.5 Å². The van der Waals surface area contributed by atoms with Crippen molar-refractivity contribution in [1.82, 2.24) is 15.5 Å². The van der Waals surface area contributed by atoms with Crippen molar-refractivity contribution in [2.45, 2.75) is 31.7 Å². The van der Waals surface area contributed by atoms with E-state index in [0.717, 1.165) is 5.56 Å². The number of anilines is 2. The van der Waals surface area contributed by atoms with Gasteiger partial charge >= 0.3 is 12.1 Å². The Balaban J connectivity index is 1.24. The van der Waals surface area contributed by atoms with Crippen LogP contribution in [0.4, 0.5) is 25.0 Å². The largest absolute Gasteiger partial charge is 0.480 e. The molecule has 2 aliphatic rings. The topological polar surface area (TPSA) is 136 Å². The van der Waals surface area contributed by atoms with E-state index in [2.05, 4.69) is 20.9 Å². The first-order chi connectivity index (χ1) is 19.3. The van der Waals surface area contributed by atoms with Crippen molar-refractivity contribution in [2.75, 3.05) is 49.5 Å². The number of carbonyl (C=O) groups excluding carboxylic acids is 2. The van der Waals surface area contributed by atoms with Gasteiger partial charge in [-0.3, -0.25) is 4.79 Å². The van der Waals surface area contributed by atoms with Crippen molar-refractivity contribution >= 4 is 35.3 Å². The van der Waals surface area contributed by atoms with Crippen molar-refractivity contribution < 1.29 is 33.0 Å². The summed E-state index contributed by atoms with van der Waals surface area (Å²) in [5.41, 5.74) is 1.71. The zero-order valence-corrected chi connectivity index (χ0v) is 21.8. The average molecular weight is 559 g/mol. The van der Waals surface area contributed by atoms with E-state index in [1.807, 2.05) is 11.0 Å². The molecule has 1 saturated heterocycles. The van der Waals surface area contributed by atoms with Crippen LogP contribution in [0.5, 0.6) is 0 Å². The lowest BCUT2D eigenvalue weighted by molar-refractivity contribution is -0.140. The number of piperazine rings is 1. The molecule has 214 valence electrons. The van der Waals surface area contributed by atoms with Gasteiger partial charge in [0.15, 0.2) is 5.96 Å². The number of carboxylic acid groups (broad SMARTS) is 1. The molecule has 0 aliphatic carbocycles. The molecule has 2 aromatic carbocycles. The van der Waals surface area contributed by atoms with Gasteiger partial charge in [0.2, 0.25) is 5.91 Å². The number of alkyl halides is 1. The Morgan fingerprint density at radius 1 is 1.12 bits per heavy atom. The van der Waals surface area contributed by atoms with E-state index in [1.165, 1.54) is 6.07 Å². The van der Waals surface area contributed by atoms with Gasteiger partial charge in [0.25, 0.3) is 0 Å². The lowest BCUT2D eigenvalue weighted by atomic mass is 10.1. The molecule has 0 aromatic heterocycles. The molecule has 11 nitrogen and oxygen atoms in total. The van der Waals surface area contributed by atoms with E-state index >= 15 is 0 Å². The van der Waals surface area contributed by atoms with Gasteiger partial charge < -0.3 is 35.6 Å². The molecule has 0 spiro atoms. The molecule has 40 heavy (non-hydrogen) atoms. The van der Waals surface area contributed by atoms with Gasteiger partial charge in [-0.15, -0.1) is 0 Å². The predicted molar refractivity (Wildman–Crippen MR) is 144 cm³/mol. The monoisotopic (exact) mass is 558 g/mol. The molecule has 4 N–H and O–H groups in total. The standard InChI is InChI=1S/C27H32F2N6O5/c28-19-15-30-26(31-16-19)32-20-6-7-21(29)23(14-20)34-10-12-35(13-11-34)24(36)9-8-22(25(37)38)33-27(39)40-17-18-4-2-1-3-5-18/h1-7,14,19,22H,8-13,15-17H2,(H,33,39)(H,37,38)(H2,30,31,32). The second kappa shape index (κ2) is 13.6. The minimum atomic E-state index is -1.28. The number of nitrogens with zero attached hydrogens (tertiary/aromatic N) is 3. The summed E-state index contributed by atoms with van der Waals surface area (Å²) < 4.78 is 33.0. The quantitative estimate of drug-likeness (QED) is 0.368. The molecular weight excluding hydrogens is 526 g/mol. The number of rotatable bonds is 9. The number of nitrogens with one attached hydrogen (secondary N) is 3. The highest BCUT2D eigenvalue weighted by Gasteiger charge is 2.26. The number of hydrogen-bond acceptors (Lipinski definition) is 8. The molecule has 1 fully saturated rings. The summed E-state index contributed by atoms with van der Waals surface area (Å²) in [7, 11) is 0. The first-order valence-corrected chi connectivity index (χ1v) is 13.0. The van der Waals surface area contributed by atoms with Gasteiger partial charge in [0.05, 0.1) is 18.8 Å². The molecule has 0 radical (unpaired) electrons. The molecule has 4 rings (SSSR count). The van der Waals surface area contributed by atoms with Crippen molar-refractivity contribution in [3.8, 4) is 0 Å². The Morgan fingerprint density at radius 3 is 2.55 bits per heavy atom. The van der Waals surface area contributed by atoms with Gasteiger partial charge in [0, 0.05) is 38.3 Å². The highest BCUT2D eigenvalue weighted by atomic mass is 19.1. The predicted octanol–water partition coefficient (Wildman–Crippen LogP) is 2.34. The number of alkyl carbamates (subject to hydrolysis) is 1. The Hall–Kier alpha value is -4.42. The molecular formula is C27H32F2N6O5. The maximum absolute atomic E-state index is 14.6. The van der Waals surface area contributed by atoms with Crippen LogP contribution in [-0.4, -0.2) is 85.4 Å². The van der Waals surface area contributed by atoms with Gasteiger partial charge in [-0.2, -0.15) is 0 Å². The second-order valence-electron chi connectivity index (χ2n) is 9.46. The summed E-state index contributed by atoms with van der Waals surface area (Å²) in [5.74, 6) is -1.52. The maximum Gasteiger partial charge on any atom is 0.408 e. The van der Waals surface area contributed by atoms with Crippen molar-refractivity contribution in [3.05, 3.63) is 59.9 Å². The van der Waals surface area contributed by atoms with Gasteiger partial charge in [-0.25, -0.2) is 23.4 Å². The van der Waals surface area contributed by atoms with Crippen molar-refractivity contribution in [1.29, 1.82) is 0 Å². The molecule has 0 bridgehead atoms. The maximum atomic E-state index is 14.6. The van der Waals surface area contributed by atoms with E-state index in [-0.39, 0.29) is 38.4 Å². The fourth-order valence-corrected chi connectivity index (χ4v) is 4.36. The molecule has 2 amide bonds. The summed E-state index contributed by atoms with van der Waals surface area (Å²) >= 11 is 0. The third-order valence-electron chi connectivity index (χ3n) is 6.57. The zero-order valence-electron chi connectivity index (χ0n) is 21.8. The van der Waals surface area contributed by atoms with Gasteiger partial charge in [0.1, 0.15) is 24.6 Å². The highest BCUT2D eigenvalue weighted by Crippen LogP contribution is 2.25. The van der Waals surface area contributed by atoms with Crippen LogP contribution in [0.2, 0.25) is 0 Å². The van der Waals surface area contributed by atoms with E-state index in [9.17, 15) is 28.3 Å². The summed E-state index contributed by atoms with van der Waals surface area (Å²) in [5, 5.41) is 17.7. The van der Waals surface area contributed by atoms with Crippen LogP contribution in [-0.2, 0) is 20.9 Å². The number of aliphatic carboxylic acids is 1. The number of guanidine groups is 1. The molecule has 2 heterocycles. The third-order valence-corrected chi connectivity index (χ3v) is 6.57. The first kappa shape index (κ1) is 28.6. The Bertz CT molecular complexity index is 1220. The molecule has 2 aromatic rings. The Morgan fingerprint density at radius 2 is 1.88 bits per heavy atom. The number of ether oxygens (including phenoxy) is 1. The van der Waals surface area contributed by atoms with Crippen LogP contribution in [0, 0.1) is 5.82 Å². The molecule has 2 atom stereocenters. The normalized spacial score (nSPS) is 17.8. The van der Waals surface area contributed by atoms with Crippen molar-refractivity contribution in [3.63, 3.8) is 0 Å². The zero-order chi connectivity index (χ0) is 28.5. The number of carboxylic acids is 1. The van der Waals surface area contributed by atoms with Gasteiger partial charge in [-0.05, 0) is 30.2 Å². The van der Waals surface area contributed by atoms with Gasteiger partial charge in [-0.1, -0.05) is 30.3 Å². The van der Waals surface area contributed by atoms with Crippen LogP contribution in [0.3, 0.4) is 0 Å². The number of hydrogen-bond donors (Lipinski definition) is 4. The lowest BCUT2D eigenvalue weighted by Gasteiger charge is -2.36. The minimum Gasteiger partial charge on any atom is -0.480 e. The number of halogens is 2. The van der Waals surface area contributed by atoms with Crippen LogP contribution in [0.25, 0.3) is 0 Å². The fourth-order valence-electron chi connectivity index (χ4n) is 4.36. The van der Waals surface area contributed by atoms with E-state index < -0.39 is 30.1 Å². The Kier molecular flexibility index (Phi) is 9.71. The third kappa shape index (κ3) is 8.04. The van der Waals surface area contributed by atoms with E-state index in [4.69, 9.17) is 4.74 Å². The summed E-state index contributed by atoms with van der Waals surface area (Å²) in [4.78, 5) is 44.0. The number of benzene rings is 2. The van der Waals surface area contributed by atoms with Crippen LogP contribution >= 0.6 is 0 Å². The first-order valence-electron chi connectivity index (χ1n) is 13.0. The highest BCUT2D eigenvalue weighted by molar-refractivity contribution is 5.94. The SMILES string of the molecule is O=C(NC(CCC(=O)N1CCN(c2cc(NC3=NCC(F)CN3)ccc2F)CC1)C(=O)O)OCc1ccccc1. The van der Waals surface area contributed by atoms with E-state index in [0.29, 0.717) is 43.5 Å². The Labute approximate surface area is 230 Å². The van der Waals surface area contributed by atoms with Crippen LogP contribution in [0.1, 0.15) is 18.4 Å². The molecule has 13 heteroatoms. The molecule has 2 unspecified atom stereocenters. The molecule has 0 saturated carbocycles. The summed E-state index contributed by atoms with van der Waals surface area (Å²) in [6.45, 7) is 1.60. The average Bonchev–Trinajstić information content (AvgIpc) is 2.96. The smallest absolute Gasteiger partial charge is 0.408 e. The molecule has 2 aliphatic heterocycles. The number of aliphatic imine (C=N–C) groups is 1. The van der Waals surface area contributed by atoms with Crippen molar-refractivity contribution in [2.24, 2.45) is 4.99 Å². The summed E-state index contributed by atoms with van der Waals surface area (Å²) in [6, 6.07) is 12.2. The van der Waals surface area contributed by atoms with Crippen LogP contribution < -0.4 is 20.9 Å². The second-order valence-corrected chi connectivity index (χ2v) is 9.46. The number of amides is 2. The minimum absolute atomic E-state index is 0.00696. The fraction of sp³-hybridized carbons (Fsp3) is 0.407.